The number of rotatable bonds is 6. The number of carbonyl (C=O) groups is 1. The number of nitrogens with two attached hydrogens (primary N) is 2. The number of fused-ring (bicyclic) bond motifs is 1. The molecule has 1 aromatic carbocycles. The van der Waals surface area contributed by atoms with E-state index in [0.717, 1.165) is 25.1 Å². The van der Waals surface area contributed by atoms with Gasteiger partial charge >= 0.3 is 0 Å². The Morgan fingerprint density at radius 1 is 1.38 bits per heavy atom. The van der Waals surface area contributed by atoms with Crippen LogP contribution in [0.5, 0.6) is 0 Å². The van der Waals surface area contributed by atoms with Gasteiger partial charge in [0.2, 0.25) is 0 Å². The third-order valence-corrected chi connectivity index (χ3v) is 5.22. The zero-order valence-electron chi connectivity index (χ0n) is 14.0. The van der Waals surface area contributed by atoms with E-state index in [2.05, 4.69) is 9.89 Å². The lowest BCUT2D eigenvalue weighted by Crippen LogP contribution is -2.44. The summed E-state index contributed by atoms with van der Waals surface area (Å²) in [6.07, 6.45) is 6.40. The van der Waals surface area contributed by atoms with Gasteiger partial charge in [0.15, 0.2) is 5.78 Å². The molecule has 0 radical (unpaired) electrons. The zero-order valence-corrected chi connectivity index (χ0v) is 14.0. The summed E-state index contributed by atoms with van der Waals surface area (Å²) in [7, 11) is 0. The number of ketones is 1. The van der Waals surface area contributed by atoms with E-state index in [1.54, 1.807) is 6.21 Å². The number of nitrogens with zero attached hydrogens (tertiary/aromatic N) is 2. The number of Topliss-reactive ketones (excluding diaryl/α,β-unsaturated/α-hetero) is 1. The summed E-state index contributed by atoms with van der Waals surface area (Å²) in [5.74, 6) is 0.542. The van der Waals surface area contributed by atoms with Crippen molar-refractivity contribution in [1.82, 2.24) is 4.90 Å². The van der Waals surface area contributed by atoms with Gasteiger partial charge in [-0.3, -0.25) is 14.7 Å². The molecule has 2 atom stereocenters. The summed E-state index contributed by atoms with van der Waals surface area (Å²) in [5, 5.41) is 0. The van der Waals surface area contributed by atoms with E-state index in [4.69, 9.17) is 11.5 Å². The highest BCUT2D eigenvalue weighted by molar-refractivity contribution is 6.14. The minimum absolute atomic E-state index is 0.0119. The van der Waals surface area contributed by atoms with E-state index in [1.807, 2.05) is 30.3 Å². The second-order valence-electron chi connectivity index (χ2n) is 6.99. The van der Waals surface area contributed by atoms with Gasteiger partial charge < -0.3 is 11.5 Å². The van der Waals surface area contributed by atoms with E-state index in [0.29, 0.717) is 24.6 Å². The van der Waals surface area contributed by atoms with Crippen LogP contribution in [-0.4, -0.2) is 42.1 Å². The zero-order chi connectivity index (χ0) is 17.0. The number of likely N-dealkylation sites (tertiary alicyclic amines) is 1. The van der Waals surface area contributed by atoms with Gasteiger partial charge in [-0.2, -0.15) is 0 Å². The summed E-state index contributed by atoms with van der Waals surface area (Å²) >= 11 is 0. The Bertz CT molecular complexity index is 640. The van der Waals surface area contributed by atoms with Gasteiger partial charge in [0, 0.05) is 31.0 Å². The summed E-state index contributed by atoms with van der Waals surface area (Å²) in [6.45, 7) is 2.64. The van der Waals surface area contributed by atoms with Crippen molar-refractivity contribution in [2.45, 2.75) is 31.3 Å². The van der Waals surface area contributed by atoms with Gasteiger partial charge in [0.25, 0.3) is 0 Å². The average molecular weight is 326 g/mol. The summed E-state index contributed by atoms with van der Waals surface area (Å²) in [6, 6.07) is 9.94. The number of carbonyl (C=O) groups excluding carboxylic acids is 1. The molecule has 1 aliphatic carbocycles. The third-order valence-electron chi connectivity index (χ3n) is 5.22. The number of aliphatic imine (C=N–C) groups is 1. The minimum Gasteiger partial charge on any atom is -0.404 e. The van der Waals surface area contributed by atoms with Crippen LogP contribution in [0.4, 0.5) is 0 Å². The van der Waals surface area contributed by atoms with Crippen LogP contribution >= 0.6 is 0 Å². The van der Waals surface area contributed by atoms with Gasteiger partial charge in [-0.1, -0.05) is 36.8 Å². The summed E-state index contributed by atoms with van der Waals surface area (Å²) in [5.41, 5.74) is 13.6. The topological polar surface area (TPSA) is 84.7 Å². The molecular formula is C19H26N4O. The molecule has 5 nitrogen and oxygen atoms in total. The van der Waals surface area contributed by atoms with Crippen LogP contribution in [0.15, 0.2) is 47.1 Å². The van der Waals surface area contributed by atoms with Crippen molar-refractivity contribution in [1.29, 1.82) is 0 Å². The summed E-state index contributed by atoms with van der Waals surface area (Å²) < 4.78 is 0. The maximum atomic E-state index is 12.5. The normalized spacial score (nSPS) is 27.7. The number of hydrogen-bond acceptors (Lipinski definition) is 5. The predicted octanol–water partition coefficient (Wildman–Crippen LogP) is 1.48. The molecule has 3 rings (SSSR count). The van der Waals surface area contributed by atoms with Gasteiger partial charge in [0.05, 0.1) is 18.7 Å². The van der Waals surface area contributed by atoms with Crippen LogP contribution in [0.1, 0.15) is 24.8 Å². The first-order chi connectivity index (χ1) is 11.6. The first-order valence-electron chi connectivity index (χ1n) is 8.61. The molecule has 1 saturated carbocycles. The fraction of sp³-hybridized carbons (Fsp3) is 0.474. The second-order valence-corrected chi connectivity index (χ2v) is 6.99. The molecule has 0 bridgehead atoms. The highest BCUT2D eigenvalue weighted by Crippen LogP contribution is 2.39. The van der Waals surface area contributed by atoms with Crippen molar-refractivity contribution in [3.8, 4) is 0 Å². The van der Waals surface area contributed by atoms with Crippen molar-refractivity contribution in [3.05, 3.63) is 47.7 Å². The van der Waals surface area contributed by atoms with Crippen molar-refractivity contribution in [2.75, 3.05) is 19.6 Å². The molecule has 0 unspecified atom stereocenters. The van der Waals surface area contributed by atoms with Crippen LogP contribution < -0.4 is 11.5 Å². The molecular weight excluding hydrogens is 300 g/mol. The lowest BCUT2D eigenvalue weighted by atomic mass is 9.92. The molecule has 1 aromatic rings. The van der Waals surface area contributed by atoms with Gasteiger partial charge in [0.1, 0.15) is 0 Å². The van der Waals surface area contributed by atoms with Crippen LogP contribution in [-0.2, 0) is 11.3 Å². The molecule has 1 saturated heterocycles. The molecule has 1 aliphatic heterocycles. The van der Waals surface area contributed by atoms with Crippen molar-refractivity contribution < 1.29 is 4.79 Å². The Morgan fingerprint density at radius 2 is 2.17 bits per heavy atom. The van der Waals surface area contributed by atoms with Crippen LogP contribution in [0, 0.1) is 5.92 Å². The quantitative estimate of drug-likeness (QED) is 0.612. The molecule has 1 heterocycles. The van der Waals surface area contributed by atoms with E-state index >= 15 is 0 Å². The smallest absolute Gasteiger partial charge is 0.179 e. The Balaban J connectivity index is 1.53. The lowest BCUT2D eigenvalue weighted by molar-refractivity contribution is -0.116. The van der Waals surface area contributed by atoms with E-state index in [1.165, 1.54) is 19.0 Å². The Morgan fingerprint density at radius 3 is 2.88 bits per heavy atom. The van der Waals surface area contributed by atoms with Gasteiger partial charge in [-0.25, -0.2) is 0 Å². The molecule has 2 fully saturated rings. The molecule has 5 heteroatoms. The van der Waals surface area contributed by atoms with Crippen molar-refractivity contribution in [2.24, 2.45) is 22.4 Å². The van der Waals surface area contributed by atoms with Crippen LogP contribution in [0.2, 0.25) is 0 Å². The lowest BCUT2D eigenvalue weighted by Gasteiger charge is -2.23. The van der Waals surface area contributed by atoms with Gasteiger partial charge in [-0.05, 0) is 24.3 Å². The molecule has 0 amide bonds. The third kappa shape index (κ3) is 3.74. The molecule has 4 N–H and O–H groups in total. The SMILES string of the molecule is NC=C(C=NCc1ccccc1)C(=O)CN1C[C@H]2CCC[C@@]2(N)C1. The van der Waals surface area contributed by atoms with Crippen LogP contribution in [0.3, 0.4) is 0 Å². The maximum absolute atomic E-state index is 12.5. The first-order valence-corrected chi connectivity index (χ1v) is 8.61. The monoisotopic (exact) mass is 326 g/mol. The van der Waals surface area contributed by atoms with E-state index in [-0.39, 0.29) is 11.3 Å². The van der Waals surface area contributed by atoms with E-state index in [9.17, 15) is 4.79 Å². The predicted molar refractivity (Wildman–Crippen MR) is 96.6 cm³/mol. The van der Waals surface area contributed by atoms with E-state index < -0.39 is 0 Å². The number of benzene rings is 1. The highest BCUT2D eigenvalue weighted by Gasteiger charge is 2.46. The van der Waals surface area contributed by atoms with Crippen molar-refractivity contribution >= 4 is 12.0 Å². The highest BCUT2D eigenvalue weighted by atomic mass is 16.1. The van der Waals surface area contributed by atoms with Crippen LogP contribution in [0.25, 0.3) is 0 Å². The maximum Gasteiger partial charge on any atom is 0.179 e. The average Bonchev–Trinajstić information content (AvgIpc) is 3.06. The minimum atomic E-state index is -0.0890. The molecule has 0 spiro atoms. The number of hydrogen-bond donors (Lipinski definition) is 2. The second kappa shape index (κ2) is 7.28. The summed E-state index contributed by atoms with van der Waals surface area (Å²) in [4.78, 5) is 19.0. The first kappa shape index (κ1) is 16.9. The molecule has 0 aromatic heterocycles. The fourth-order valence-electron chi connectivity index (χ4n) is 3.90. The molecule has 2 aliphatic rings. The Hall–Kier alpha value is -1.98. The molecule has 128 valence electrons. The van der Waals surface area contributed by atoms with Crippen molar-refractivity contribution in [3.63, 3.8) is 0 Å². The Kier molecular flexibility index (Phi) is 5.11. The molecule has 24 heavy (non-hydrogen) atoms. The largest absolute Gasteiger partial charge is 0.404 e. The Labute approximate surface area is 143 Å². The standard InChI is InChI=1S/C19H26N4O/c20-9-16(11-22-10-15-5-2-1-3-6-15)18(24)13-23-12-17-7-4-8-19(17,21)14-23/h1-3,5-6,9,11,17H,4,7-8,10,12-14,20-21H2/t17-,19-/m1/s1. The fourth-order valence-corrected chi connectivity index (χ4v) is 3.90. The van der Waals surface area contributed by atoms with Gasteiger partial charge in [-0.15, -0.1) is 0 Å².